The molecule has 0 bridgehead atoms. The largest absolute Gasteiger partial charge is 0.272 e. The van der Waals surface area contributed by atoms with Crippen LogP contribution in [0.25, 0.3) is 0 Å². The first-order chi connectivity index (χ1) is 7.24. The molecule has 0 saturated heterocycles. The van der Waals surface area contributed by atoms with E-state index in [-0.39, 0.29) is 11.8 Å². The molecule has 0 aliphatic heterocycles. The molecule has 1 atom stereocenters. The zero-order valence-corrected chi connectivity index (χ0v) is 10.2. The Hall–Kier alpha value is -0.870. The van der Waals surface area contributed by atoms with Gasteiger partial charge in [-0.2, -0.15) is 0 Å². The molecule has 0 saturated carbocycles. The van der Waals surface area contributed by atoms with Crippen LogP contribution in [-0.4, -0.2) is 11.2 Å². The van der Waals surface area contributed by atoms with Crippen molar-refractivity contribution in [1.82, 2.24) is 5.48 Å². The summed E-state index contributed by atoms with van der Waals surface area (Å²) in [6.07, 6.45) is 0. The van der Waals surface area contributed by atoms with E-state index in [1.807, 2.05) is 37.3 Å². The predicted molar refractivity (Wildman–Crippen MR) is 62.3 cm³/mol. The van der Waals surface area contributed by atoms with Gasteiger partial charge >= 0.3 is 0 Å². The lowest BCUT2D eigenvalue weighted by Crippen LogP contribution is -2.29. The van der Waals surface area contributed by atoms with Gasteiger partial charge in [0.25, 0.3) is 0 Å². The van der Waals surface area contributed by atoms with Crippen LogP contribution in [0.5, 0.6) is 0 Å². The number of hydroxylamine groups is 1. The topological polar surface area (TPSA) is 38.3 Å². The molecule has 0 fully saturated rings. The molecule has 0 aliphatic rings. The lowest BCUT2D eigenvalue weighted by Gasteiger charge is -2.09. The van der Waals surface area contributed by atoms with E-state index in [9.17, 15) is 4.79 Å². The molecule has 4 heteroatoms. The summed E-state index contributed by atoms with van der Waals surface area (Å²) in [7, 11) is 0. The molecule has 0 heterocycles. The minimum Gasteiger partial charge on any atom is -0.272 e. The van der Waals surface area contributed by atoms with E-state index < -0.39 is 0 Å². The average Bonchev–Trinajstić information content (AvgIpc) is 2.29. The zero-order valence-electron chi connectivity index (χ0n) is 8.57. The Morgan fingerprint density at radius 2 is 2.13 bits per heavy atom. The third-order valence-electron chi connectivity index (χ3n) is 1.93. The lowest BCUT2D eigenvalue weighted by atomic mass is 10.2. The maximum atomic E-state index is 11.3. The van der Waals surface area contributed by atoms with Gasteiger partial charge in [-0.15, -0.1) is 0 Å². The van der Waals surface area contributed by atoms with Crippen LogP contribution in [0.3, 0.4) is 0 Å². The number of alkyl halides is 1. The number of benzene rings is 1. The van der Waals surface area contributed by atoms with Crippen LogP contribution >= 0.6 is 15.9 Å². The lowest BCUT2D eigenvalue weighted by molar-refractivity contribution is -0.137. The Kier molecular flexibility index (Phi) is 5.36. The van der Waals surface area contributed by atoms with Crippen molar-refractivity contribution < 1.29 is 9.63 Å². The Bertz CT molecular complexity index is 303. The van der Waals surface area contributed by atoms with E-state index in [1.54, 1.807) is 0 Å². The number of carbonyl (C=O) groups is 1. The van der Waals surface area contributed by atoms with Crippen LogP contribution < -0.4 is 5.48 Å². The van der Waals surface area contributed by atoms with Gasteiger partial charge in [-0.25, -0.2) is 5.48 Å². The molecule has 82 valence electrons. The van der Waals surface area contributed by atoms with Crippen molar-refractivity contribution in [2.75, 3.05) is 5.33 Å². The second-order valence-corrected chi connectivity index (χ2v) is 3.94. The van der Waals surface area contributed by atoms with E-state index in [0.29, 0.717) is 11.9 Å². The average molecular weight is 272 g/mol. The van der Waals surface area contributed by atoms with Crippen molar-refractivity contribution in [3.8, 4) is 0 Å². The minimum absolute atomic E-state index is 0.0826. The van der Waals surface area contributed by atoms with E-state index in [2.05, 4.69) is 21.4 Å². The molecule has 1 aromatic carbocycles. The van der Waals surface area contributed by atoms with Gasteiger partial charge in [0.1, 0.15) is 0 Å². The zero-order chi connectivity index (χ0) is 11.1. The summed E-state index contributed by atoms with van der Waals surface area (Å²) in [5.74, 6) is -0.191. The van der Waals surface area contributed by atoms with Gasteiger partial charge in [0.2, 0.25) is 5.91 Å². The van der Waals surface area contributed by atoms with Crippen molar-refractivity contribution >= 4 is 21.8 Å². The van der Waals surface area contributed by atoms with Crippen molar-refractivity contribution in [1.29, 1.82) is 0 Å². The van der Waals surface area contributed by atoms with E-state index in [4.69, 9.17) is 4.84 Å². The van der Waals surface area contributed by atoms with Gasteiger partial charge in [-0.1, -0.05) is 53.2 Å². The van der Waals surface area contributed by atoms with Crippen LogP contribution in [0.1, 0.15) is 12.5 Å². The number of carbonyl (C=O) groups excluding carboxylic acids is 1. The van der Waals surface area contributed by atoms with Crippen LogP contribution in [0.4, 0.5) is 0 Å². The number of hydrogen-bond donors (Lipinski definition) is 1. The second-order valence-electron chi connectivity index (χ2n) is 3.30. The predicted octanol–water partition coefficient (Wildman–Crippen LogP) is 2.27. The molecule has 1 rings (SSSR count). The first-order valence-corrected chi connectivity index (χ1v) is 5.87. The van der Waals surface area contributed by atoms with Crippen LogP contribution in [0.15, 0.2) is 30.3 Å². The van der Waals surface area contributed by atoms with E-state index >= 15 is 0 Å². The van der Waals surface area contributed by atoms with Gasteiger partial charge in [0.05, 0.1) is 6.61 Å². The molecule has 15 heavy (non-hydrogen) atoms. The fourth-order valence-corrected chi connectivity index (χ4v) is 1.23. The molecule has 1 amide bonds. The SMILES string of the molecule is CC(CBr)C(=O)NOCc1ccccc1. The molecule has 3 nitrogen and oxygen atoms in total. The summed E-state index contributed by atoms with van der Waals surface area (Å²) in [4.78, 5) is 16.4. The molecule has 1 N–H and O–H groups in total. The van der Waals surface area contributed by atoms with Gasteiger partial charge in [0, 0.05) is 11.2 Å². The number of halogens is 1. The Labute approximate surface area is 97.9 Å². The number of rotatable bonds is 5. The maximum absolute atomic E-state index is 11.3. The van der Waals surface area contributed by atoms with E-state index in [1.165, 1.54) is 0 Å². The molecule has 0 aliphatic carbocycles. The van der Waals surface area contributed by atoms with Crippen molar-refractivity contribution in [3.05, 3.63) is 35.9 Å². The summed E-state index contributed by atoms with van der Waals surface area (Å²) >= 11 is 3.24. The third kappa shape index (κ3) is 4.44. The quantitative estimate of drug-likeness (QED) is 0.659. The van der Waals surface area contributed by atoms with E-state index in [0.717, 1.165) is 5.56 Å². The fraction of sp³-hybridized carbons (Fsp3) is 0.364. The summed E-state index contributed by atoms with van der Waals surface area (Å²) < 4.78 is 0. The van der Waals surface area contributed by atoms with Crippen molar-refractivity contribution in [2.24, 2.45) is 5.92 Å². The van der Waals surface area contributed by atoms with Crippen LogP contribution in [0.2, 0.25) is 0 Å². The molecule has 0 aromatic heterocycles. The van der Waals surface area contributed by atoms with Gasteiger partial charge in [0.15, 0.2) is 0 Å². The highest BCUT2D eigenvalue weighted by atomic mass is 79.9. The van der Waals surface area contributed by atoms with Gasteiger partial charge in [-0.3, -0.25) is 9.63 Å². The molecule has 0 spiro atoms. The summed E-state index contributed by atoms with van der Waals surface area (Å²) in [6.45, 7) is 2.22. The summed E-state index contributed by atoms with van der Waals surface area (Å²) in [5.41, 5.74) is 3.44. The Morgan fingerprint density at radius 1 is 1.47 bits per heavy atom. The molecular weight excluding hydrogens is 258 g/mol. The highest BCUT2D eigenvalue weighted by molar-refractivity contribution is 9.09. The number of amides is 1. The van der Waals surface area contributed by atoms with Crippen LogP contribution in [0, 0.1) is 5.92 Å². The molecule has 0 radical (unpaired) electrons. The van der Waals surface area contributed by atoms with Crippen molar-refractivity contribution in [2.45, 2.75) is 13.5 Å². The number of nitrogens with one attached hydrogen (secondary N) is 1. The Balaban J connectivity index is 2.25. The molecular formula is C11H14BrNO2. The van der Waals surface area contributed by atoms with Crippen LogP contribution in [-0.2, 0) is 16.2 Å². The first-order valence-electron chi connectivity index (χ1n) is 4.75. The highest BCUT2D eigenvalue weighted by Crippen LogP contribution is 2.01. The smallest absolute Gasteiger partial charge is 0.247 e. The monoisotopic (exact) mass is 271 g/mol. The minimum atomic E-state index is -0.109. The van der Waals surface area contributed by atoms with Crippen molar-refractivity contribution in [3.63, 3.8) is 0 Å². The molecule has 1 aromatic rings. The maximum Gasteiger partial charge on any atom is 0.247 e. The molecule has 1 unspecified atom stereocenters. The Morgan fingerprint density at radius 3 is 2.73 bits per heavy atom. The summed E-state index contributed by atoms with van der Waals surface area (Å²) in [5, 5.41) is 0.632. The third-order valence-corrected chi connectivity index (χ3v) is 2.90. The number of hydrogen-bond acceptors (Lipinski definition) is 2. The van der Waals surface area contributed by atoms with Gasteiger partial charge < -0.3 is 0 Å². The second kappa shape index (κ2) is 6.58. The van der Waals surface area contributed by atoms with Gasteiger partial charge in [-0.05, 0) is 5.56 Å². The normalized spacial score (nSPS) is 12.1. The highest BCUT2D eigenvalue weighted by Gasteiger charge is 2.10. The fourth-order valence-electron chi connectivity index (χ4n) is 0.935. The first kappa shape index (κ1) is 12.2. The standard InChI is InChI=1S/C11H14BrNO2/c1-9(7-12)11(14)13-15-8-10-5-3-2-4-6-10/h2-6,9H,7-8H2,1H3,(H,13,14). The summed E-state index contributed by atoms with van der Waals surface area (Å²) in [6, 6.07) is 9.69.